The Bertz CT molecular complexity index is 744. The van der Waals surface area contributed by atoms with Gasteiger partial charge in [0.25, 0.3) is 5.69 Å². The smallest absolute Gasteiger partial charge is 0.269 e. The van der Waals surface area contributed by atoms with Crippen molar-refractivity contribution in [1.82, 2.24) is 5.32 Å². The number of non-ortho nitro benzene ring substituents is 1. The number of nitrogens with one attached hydrogen (secondary N) is 1. The molecule has 0 bridgehead atoms. The molecule has 0 atom stereocenters. The molecule has 0 radical (unpaired) electrons. The van der Waals surface area contributed by atoms with E-state index >= 15 is 0 Å². The fourth-order valence-electron chi connectivity index (χ4n) is 2.13. The minimum atomic E-state index is -0.428. The second-order valence-electron chi connectivity index (χ2n) is 4.65. The summed E-state index contributed by atoms with van der Waals surface area (Å²) in [6, 6.07) is 15.9. The average molecular weight is 312 g/mol. The number of nitro groups is 1. The molecule has 2 aromatic carbocycles. The highest BCUT2D eigenvalue weighted by atomic mass is 32.1. The topological polar surface area (TPSA) is 70.8 Å². The van der Waals surface area contributed by atoms with Crippen LogP contribution in [0.25, 0.3) is 0 Å². The van der Waals surface area contributed by atoms with Crippen LogP contribution in [0.15, 0.2) is 59.6 Å². The minimum absolute atomic E-state index is 0.0492. The zero-order valence-electron chi connectivity index (χ0n) is 11.5. The molecule has 22 heavy (non-hydrogen) atoms. The van der Waals surface area contributed by atoms with E-state index in [1.165, 1.54) is 12.1 Å². The number of rotatable bonds is 3. The number of anilines is 1. The summed E-state index contributed by atoms with van der Waals surface area (Å²) >= 11 is 5.37. The van der Waals surface area contributed by atoms with Gasteiger partial charge in [0.15, 0.2) is 5.11 Å². The second-order valence-corrected chi connectivity index (χ2v) is 5.03. The zero-order chi connectivity index (χ0) is 15.5. The standard InChI is InChI=1S/C15H12N4O2S/c20-19(21)13-8-6-12(7-9-13)18-10-16-14(17-15(18)22)11-4-2-1-3-5-11/h1-9H,10H2,(H,16,17,22). The first kappa shape index (κ1) is 14.2. The molecular weight excluding hydrogens is 300 g/mol. The maximum atomic E-state index is 10.7. The van der Waals surface area contributed by atoms with E-state index in [9.17, 15) is 10.1 Å². The van der Waals surface area contributed by atoms with Crippen LogP contribution >= 0.6 is 12.2 Å². The number of thiocarbonyl (C=S) groups is 1. The Morgan fingerprint density at radius 1 is 1.14 bits per heavy atom. The maximum absolute atomic E-state index is 10.7. The first-order chi connectivity index (χ1) is 10.6. The molecule has 1 N–H and O–H groups in total. The fraction of sp³-hybridized carbons (Fsp3) is 0.0667. The number of amidine groups is 1. The van der Waals surface area contributed by atoms with Crippen LogP contribution in [0.1, 0.15) is 5.56 Å². The molecule has 2 aromatic rings. The summed E-state index contributed by atoms with van der Waals surface area (Å²) in [7, 11) is 0. The first-order valence-corrected chi connectivity index (χ1v) is 6.99. The van der Waals surface area contributed by atoms with Gasteiger partial charge in [-0.05, 0) is 24.4 Å². The Morgan fingerprint density at radius 2 is 1.82 bits per heavy atom. The van der Waals surface area contributed by atoms with Crippen LogP contribution in [-0.2, 0) is 0 Å². The Labute approximate surface area is 132 Å². The van der Waals surface area contributed by atoms with Crippen molar-refractivity contribution < 1.29 is 4.92 Å². The molecule has 7 heteroatoms. The largest absolute Gasteiger partial charge is 0.317 e. The Kier molecular flexibility index (Phi) is 3.80. The highest BCUT2D eigenvalue weighted by Crippen LogP contribution is 2.21. The minimum Gasteiger partial charge on any atom is -0.317 e. The third kappa shape index (κ3) is 2.79. The predicted molar refractivity (Wildman–Crippen MR) is 89.2 cm³/mol. The Morgan fingerprint density at radius 3 is 2.41 bits per heavy atom. The Balaban J connectivity index is 1.81. The molecule has 1 aliphatic rings. The summed E-state index contributed by atoms with van der Waals surface area (Å²) in [5.74, 6) is 0.726. The molecule has 1 heterocycles. The van der Waals surface area contributed by atoms with E-state index in [0.717, 1.165) is 17.1 Å². The molecule has 110 valence electrons. The van der Waals surface area contributed by atoms with Crippen LogP contribution in [-0.4, -0.2) is 22.5 Å². The average Bonchev–Trinajstić information content (AvgIpc) is 2.56. The highest BCUT2D eigenvalue weighted by molar-refractivity contribution is 7.80. The van der Waals surface area contributed by atoms with E-state index in [4.69, 9.17) is 12.2 Å². The van der Waals surface area contributed by atoms with Gasteiger partial charge in [-0.2, -0.15) is 0 Å². The van der Waals surface area contributed by atoms with E-state index in [1.807, 2.05) is 30.3 Å². The lowest BCUT2D eigenvalue weighted by Crippen LogP contribution is -2.47. The lowest BCUT2D eigenvalue weighted by atomic mass is 10.2. The van der Waals surface area contributed by atoms with Gasteiger partial charge in [-0.15, -0.1) is 0 Å². The first-order valence-electron chi connectivity index (χ1n) is 6.58. The SMILES string of the molecule is O=[N+]([O-])c1ccc(N2CN=C(c3ccccc3)NC2=S)cc1. The number of nitrogens with zero attached hydrogens (tertiary/aromatic N) is 3. The van der Waals surface area contributed by atoms with Crippen molar-refractivity contribution in [2.24, 2.45) is 4.99 Å². The zero-order valence-corrected chi connectivity index (χ0v) is 12.3. The van der Waals surface area contributed by atoms with Crippen molar-refractivity contribution in [3.63, 3.8) is 0 Å². The molecule has 6 nitrogen and oxygen atoms in total. The van der Waals surface area contributed by atoms with Gasteiger partial charge >= 0.3 is 0 Å². The monoisotopic (exact) mass is 312 g/mol. The van der Waals surface area contributed by atoms with Gasteiger partial charge < -0.3 is 5.32 Å². The molecule has 0 aromatic heterocycles. The normalized spacial score (nSPS) is 14.3. The number of nitro benzene ring substituents is 1. The molecule has 0 fully saturated rings. The molecule has 1 aliphatic heterocycles. The fourth-order valence-corrected chi connectivity index (χ4v) is 2.39. The summed E-state index contributed by atoms with van der Waals surface area (Å²) in [6.45, 7) is 0.369. The van der Waals surface area contributed by atoms with Gasteiger partial charge in [-0.1, -0.05) is 30.3 Å². The van der Waals surface area contributed by atoms with Crippen LogP contribution in [0.3, 0.4) is 0 Å². The molecule has 0 saturated heterocycles. The van der Waals surface area contributed by atoms with E-state index in [-0.39, 0.29) is 5.69 Å². The number of benzene rings is 2. The summed E-state index contributed by atoms with van der Waals surface area (Å²) in [4.78, 5) is 16.5. The number of hydrogen-bond acceptors (Lipinski definition) is 4. The maximum Gasteiger partial charge on any atom is 0.269 e. The van der Waals surface area contributed by atoms with Crippen molar-refractivity contribution in [2.45, 2.75) is 0 Å². The molecule has 0 amide bonds. The molecule has 0 aliphatic carbocycles. The van der Waals surface area contributed by atoms with Gasteiger partial charge in [0, 0.05) is 23.4 Å². The third-order valence-electron chi connectivity index (χ3n) is 3.26. The van der Waals surface area contributed by atoms with Crippen molar-refractivity contribution in [3.8, 4) is 0 Å². The van der Waals surface area contributed by atoms with Crippen molar-refractivity contribution in [2.75, 3.05) is 11.6 Å². The summed E-state index contributed by atoms with van der Waals surface area (Å²) < 4.78 is 0. The van der Waals surface area contributed by atoms with Crippen LogP contribution in [0.5, 0.6) is 0 Å². The molecule has 0 saturated carbocycles. The van der Waals surface area contributed by atoms with Gasteiger partial charge in [0.05, 0.1) is 4.92 Å². The molecule has 0 unspecified atom stereocenters. The van der Waals surface area contributed by atoms with Gasteiger partial charge in [-0.3, -0.25) is 15.0 Å². The van der Waals surface area contributed by atoms with Crippen molar-refractivity contribution in [1.29, 1.82) is 0 Å². The second kappa shape index (κ2) is 5.90. The van der Waals surface area contributed by atoms with Gasteiger partial charge in [0.1, 0.15) is 12.5 Å². The van der Waals surface area contributed by atoms with Crippen LogP contribution < -0.4 is 10.2 Å². The summed E-state index contributed by atoms with van der Waals surface area (Å²) in [6.07, 6.45) is 0. The van der Waals surface area contributed by atoms with E-state index in [2.05, 4.69) is 10.3 Å². The van der Waals surface area contributed by atoms with Gasteiger partial charge in [-0.25, -0.2) is 4.99 Å². The highest BCUT2D eigenvalue weighted by Gasteiger charge is 2.19. The number of aliphatic imine (C=N–C) groups is 1. The van der Waals surface area contributed by atoms with Crippen LogP contribution in [0.2, 0.25) is 0 Å². The summed E-state index contributed by atoms with van der Waals surface area (Å²) in [5, 5.41) is 14.3. The molecular formula is C15H12N4O2S. The summed E-state index contributed by atoms with van der Waals surface area (Å²) in [5.41, 5.74) is 1.78. The molecule has 3 rings (SSSR count). The lowest BCUT2D eigenvalue weighted by Gasteiger charge is -2.29. The predicted octanol–water partition coefficient (Wildman–Crippen LogP) is 2.69. The van der Waals surface area contributed by atoms with E-state index < -0.39 is 4.92 Å². The van der Waals surface area contributed by atoms with Gasteiger partial charge in [0.2, 0.25) is 0 Å². The van der Waals surface area contributed by atoms with Crippen LogP contribution in [0, 0.1) is 10.1 Å². The Hall–Kier alpha value is -2.80. The molecule has 0 spiro atoms. The third-order valence-corrected chi connectivity index (χ3v) is 3.58. The lowest BCUT2D eigenvalue weighted by molar-refractivity contribution is -0.384. The van der Waals surface area contributed by atoms with E-state index in [0.29, 0.717) is 11.8 Å². The van der Waals surface area contributed by atoms with E-state index in [1.54, 1.807) is 17.0 Å². The van der Waals surface area contributed by atoms with Crippen molar-refractivity contribution in [3.05, 3.63) is 70.3 Å². The quantitative estimate of drug-likeness (QED) is 0.536. The van der Waals surface area contributed by atoms with Crippen molar-refractivity contribution >= 4 is 34.5 Å². The number of hydrogen-bond donors (Lipinski definition) is 1. The van der Waals surface area contributed by atoms with Crippen LogP contribution in [0.4, 0.5) is 11.4 Å².